The molecule has 0 spiro atoms. The van der Waals surface area contributed by atoms with E-state index in [4.69, 9.17) is 10.3 Å². The molecule has 3 rings (SSSR count). The molecule has 0 unspecified atom stereocenters. The Hall–Kier alpha value is -2.63. The van der Waals surface area contributed by atoms with E-state index in [0.717, 1.165) is 28.3 Å². The van der Waals surface area contributed by atoms with E-state index in [2.05, 4.69) is 15.1 Å². The van der Waals surface area contributed by atoms with Gasteiger partial charge in [0, 0.05) is 17.3 Å². The van der Waals surface area contributed by atoms with Crippen molar-refractivity contribution in [3.63, 3.8) is 0 Å². The molecule has 20 heavy (non-hydrogen) atoms. The molecule has 0 aromatic carbocycles. The zero-order valence-corrected chi connectivity index (χ0v) is 11.4. The maximum Gasteiger partial charge on any atom is 0.138 e. The summed E-state index contributed by atoms with van der Waals surface area (Å²) in [4.78, 5) is 8.33. The van der Waals surface area contributed by atoms with E-state index in [-0.39, 0.29) is 0 Å². The van der Waals surface area contributed by atoms with Gasteiger partial charge in [-0.3, -0.25) is 0 Å². The van der Waals surface area contributed by atoms with E-state index >= 15 is 0 Å². The highest BCUT2D eigenvalue weighted by atomic mass is 16.5. The Kier molecular flexibility index (Phi) is 2.98. The lowest BCUT2D eigenvalue weighted by Crippen LogP contribution is -2.02. The molecule has 0 aliphatic rings. The summed E-state index contributed by atoms with van der Waals surface area (Å²) in [6.07, 6.45) is 5.35. The average molecular weight is 269 g/mol. The molecule has 6 nitrogen and oxygen atoms in total. The number of aromatic nitrogens is 4. The molecule has 2 N–H and O–H groups in total. The second-order valence-electron chi connectivity index (χ2n) is 4.68. The highest BCUT2D eigenvalue weighted by molar-refractivity contribution is 5.59. The Labute approximate surface area is 116 Å². The van der Waals surface area contributed by atoms with Crippen molar-refractivity contribution in [2.45, 2.75) is 20.4 Å². The van der Waals surface area contributed by atoms with Gasteiger partial charge in [-0.2, -0.15) is 0 Å². The third kappa shape index (κ3) is 2.16. The second-order valence-corrected chi connectivity index (χ2v) is 4.68. The molecular weight excluding hydrogens is 254 g/mol. The van der Waals surface area contributed by atoms with Gasteiger partial charge in [-0.05, 0) is 26.0 Å². The molecule has 0 bridgehead atoms. The van der Waals surface area contributed by atoms with Crippen molar-refractivity contribution in [3.05, 3.63) is 47.9 Å². The van der Waals surface area contributed by atoms with Crippen molar-refractivity contribution >= 4 is 5.82 Å². The number of hydrogen-bond acceptors (Lipinski definition) is 5. The monoisotopic (exact) mass is 269 g/mol. The molecule has 0 saturated carbocycles. The fourth-order valence-corrected chi connectivity index (χ4v) is 2.14. The molecule has 0 aliphatic heterocycles. The molecule has 102 valence electrons. The number of hydrogen-bond donors (Lipinski definition) is 1. The van der Waals surface area contributed by atoms with E-state index in [1.807, 2.05) is 30.7 Å². The van der Waals surface area contributed by atoms with Crippen LogP contribution in [0.1, 0.15) is 17.0 Å². The third-order valence-corrected chi connectivity index (χ3v) is 3.30. The Morgan fingerprint density at radius 2 is 2.10 bits per heavy atom. The number of nitrogen functional groups attached to an aromatic ring is 1. The largest absolute Gasteiger partial charge is 0.384 e. The quantitative estimate of drug-likeness (QED) is 0.788. The van der Waals surface area contributed by atoms with Crippen LogP contribution in [0.25, 0.3) is 11.3 Å². The van der Waals surface area contributed by atoms with Crippen LogP contribution in [-0.2, 0) is 6.54 Å². The Morgan fingerprint density at radius 1 is 1.25 bits per heavy atom. The first-order valence-electron chi connectivity index (χ1n) is 6.29. The summed E-state index contributed by atoms with van der Waals surface area (Å²) in [7, 11) is 0. The van der Waals surface area contributed by atoms with Gasteiger partial charge in [0.15, 0.2) is 0 Å². The number of nitrogens with two attached hydrogens (primary N) is 1. The molecule has 0 radical (unpaired) electrons. The molecule has 0 amide bonds. The fraction of sp³-hybridized carbons (Fsp3) is 0.214. The fourth-order valence-electron chi connectivity index (χ4n) is 2.14. The van der Waals surface area contributed by atoms with Crippen LogP contribution in [-0.4, -0.2) is 19.7 Å². The number of rotatable bonds is 3. The Morgan fingerprint density at radius 3 is 2.75 bits per heavy atom. The van der Waals surface area contributed by atoms with Crippen LogP contribution >= 0.6 is 0 Å². The van der Waals surface area contributed by atoms with Crippen LogP contribution in [0.15, 0.2) is 35.4 Å². The summed E-state index contributed by atoms with van der Waals surface area (Å²) in [5.74, 6) is 1.34. The zero-order chi connectivity index (χ0) is 14.1. The normalized spacial score (nSPS) is 10.9. The molecule has 3 heterocycles. The van der Waals surface area contributed by atoms with E-state index in [1.165, 1.54) is 0 Å². The molecule has 0 fully saturated rings. The minimum atomic E-state index is 0.505. The van der Waals surface area contributed by atoms with Crippen LogP contribution in [0, 0.1) is 13.8 Å². The van der Waals surface area contributed by atoms with Crippen molar-refractivity contribution in [3.8, 4) is 11.3 Å². The Balaban J connectivity index is 1.97. The first kappa shape index (κ1) is 12.4. The number of aryl methyl sites for hydroxylation is 2. The molecule has 3 aromatic heterocycles. The standard InChI is InChI=1S/C14H15N5O/c1-9-12(10(2)20-18-9)7-19-8-16-6-13(19)11-3-4-14(15)17-5-11/h3-6,8H,7H2,1-2H3,(H2,15,17). The number of anilines is 1. The van der Waals surface area contributed by atoms with Crippen LogP contribution in [0.2, 0.25) is 0 Å². The number of imidazole rings is 1. The van der Waals surface area contributed by atoms with Crippen LogP contribution in [0.4, 0.5) is 5.82 Å². The molecular formula is C14H15N5O. The lowest BCUT2D eigenvalue weighted by molar-refractivity contribution is 0.392. The van der Waals surface area contributed by atoms with E-state index in [0.29, 0.717) is 12.4 Å². The SMILES string of the molecule is Cc1noc(C)c1Cn1cncc1-c1ccc(N)nc1. The maximum atomic E-state index is 5.61. The first-order chi connectivity index (χ1) is 9.65. The van der Waals surface area contributed by atoms with Crippen LogP contribution in [0.3, 0.4) is 0 Å². The molecule has 3 aromatic rings. The van der Waals surface area contributed by atoms with Gasteiger partial charge in [-0.15, -0.1) is 0 Å². The van der Waals surface area contributed by atoms with Crippen molar-refractivity contribution in [1.29, 1.82) is 0 Å². The molecule has 0 aliphatic carbocycles. The number of nitrogens with zero attached hydrogens (tertiary/aromatic N) is 4. The summed E-state index contributed by atoms with van der Waals surface area (Å²) in [5.41, 5.74) is 9.55. The Bertz CT molecular complexity index is 707. The molecule has 6 heteroatoms. The summed E-state index contributed by atoms with van der Waals surface area (Å²) >= 11 is 0. The smallest absolute Gasteiger partial charge is 0.138 e. The maximum absolute atomic E-state index is 5.61. The molecule has 0 atom stereocenters. The van der Waals surface area contributed by atoms with E-state index < -0.39 is 0 Å². The second kappa shape index (κ2) is 4.80. The zero-order valence-electron chi connectivity index (χ0n) is 11.4. The topological polar surface area (TPSA) is 82.8 Å². The average Bonchev–Trinajstić information content (AvgIpc) is 3.02. The minimum Gasteiger partial charge on any atom is -0.384 e. The highest BCUT2D eigenvalue weighted by Gasteiger charge is 2.12. The van der Waals surface area contributed by atoms with Gasteiger partial charge in [0.2, 0.25) is 0 Å². The van der Waals surface area contributed by atoms with Crippen LogP contribution < -0.4 is 5.73 Å². The highest BCUT2D eigenvalue weighted by Crippen LogP contribution is 2.21. The van der Waals surface area contributed by atoms with Crippen molar-refractivity contribution in [2.75, 3.05) is 5.73 Å². The summed E-state index contributed by atoms with van der Waals surface area (Å²) in [6, 6.07) is 3.71. The summed E-state index contributed by atoms with van der Waals surface area (Å²) in [6.45, 7) is 4.52. The van der Waals surface area contributed by atoms with Crippen molar-refractivity contribution < 1.29 is 4.52 Å². The van der Waals surface area contributed by atoms with Crippen LogP contribution in [0.5, 0.6) is 0 Å². The van der Waals surface area contributed by atoms with Gasteiger partial charge in [0.1, 0.15) is 11.6 Å². The first-order valence-corrected chi connectivity index (χ1v) is 6.29. The summed E-state index contributed by atoms with van der Waals surface area (Å²) in [5, 5.41) is 3.97. The molecule has 0 saturated heterocycles. The third-order valence-electron chi connectivity index (χ3n) is 3.30. The van der Waals surface area contributed by atoms with E-state index in [9.17, 15) is 0 Å². The van der Waals surface area contributed by atoms with Gasteiger partial charge in [-0.1, -0.05) is 5.16 Å². The summed E-state index contributed by atoms with van der Waals surface area (Å²) < 4.78 is 7.23. The predicted molar refractivity (Wildman–Crippen MR) is 74.9 cm³/mol. The van der Waals surface area contributed by atoms with Crippen molar-refractivity contribution in [1.82, 2.24) is 19.7 Å². The lowest BCUT2D eigenvalue weighted by atomic mass is 10.2. The van der Waals surface area contributed by atoms with Gasteiger partial charge < -0.3 is 14.8 Å². The van der Waals surface area contributed by atoms with E-state index in [1.54, 1.807) is 18.6 Å². The number of pyridine rings is 1. The van der Waals surface area contributed by atoms with Gasteiger partial charge in [0.05, 0.1) is 30.5 Å². The minimum absolute atomic E-state index is 0.505. The van der Waals surface area contributed by atoms with Gasteiger partial charge in [-0.25, -0.2) is 9.97 Å². The van der Waals surface area contributed by atoms with Gasteiger partial charge >= 0.3 is 0 Å². The van der Waals surface area contributed by atoms with Crippen molar-refractivity contribution in [2.24, 2.45) is 0 Å². The predicted octanol–water partition coefficient (Wildman–Crippen LogP) is 2.18. The lowest BCUT2D eigenvalue weighted by Gasteiger charge is -2.08. The van der Waals surface area contributed by atoms with Gasteiger partial charge in [0.25, 0.3) is 0 Å².